The first kappa shape index (κ1) is 12.2. The van der Waals surface area contributed by atoms with Crippen LogP contribution in [0.1, 0.15) is 36.8 Å². The van der Waals surface area contributed by atoms with Crippen molar-refractivity contribution in [2.45, 2.75) is 25.8 Å². The molecule has 0 bridgehead atoms. The van der Waals surface area contributed by atoms with Crippen molar-refractivity contribution >= 4 is 15.9 Å². The van der Waals surface area contributed by atoms with Crippen molar-refractivity contribution in [3.63, 3.8) is 0 Å². The minimum Gasteiger partial charge on any atom is -0.339 e. The Balaban J connectivity index is 2.18. The third-order valence-corrected chi connectivity index (χ3v) is 2.76. The number of nitrogens with two attached hydrogens (primary N) is 1. The van der Waals surface area contributed by atoms with E-state index in [1.54, 1.807) is 6.20 Å². The molecule has 0 radical (unpaired) electrons. The van der Waals surface area contributed by atoms with E-state index in [1.165, 1.54) is 0 Å². The number of nitrogens with zero attached hydrogens (tertiary/aromatic N) is 3. The van der Waals surface area contributed by atoms with Crippen LogP contribution in [0, 0.1) is 0 Å². The molecule has 1 atom stereocenters. The molecule has 90 valence electrons. The number of aromatic nitrogens is 3. The van der Waals surface area contributed by atoms with Gasteiger partial charge in [-0.2, -0.15) is 4.98 Å². The van der Waals surface area contributed by atoms with Crippen molar-refractivity contribution in [3.05, 3.63) is 40.2 Å². The first-order valence-electron chi connectivity index (χ1n) is 5.40. The Morgan fingerprint density at radius 3 is 2.94 bits per heavy atom. The van der Waals surface area contributed by atoms with Crippen LogP contribution in [0.15, 0.2) is 27.3 Å². The molecule has 0 fully saturated rings. The summed E-state index contributed by atoms with van der Waals surface area (Å²) in [6, 6.07) is 3.28. The van der Waals surface area contributed by atoms with Gasteiger partial charge in [0.1, 0.15) is 6.04 Å². The number of pyridine rings is 1. The summed E-state index contributed by atoms with van der Waals surface area (Å²) in [7, 11) is 0. The second-order valence-corrected chi connectivity index (χ2v) is 4.59. The molecule has 0 aromatic carbocycles. The van der Waals surface area contributed by atoms with Gasteiger partial charge in [-0.05, 0) is 34.5 Å². The summed E-state index contributed by atoms with van der Waals surface area (Å²) in [5.41, 5.74) is 6.73. The van der Waals surface area contributed by atoms with Gasteiger partial charge in [0.2, 0.25) is 5.89 Å². The van der Waals surface area contributed by atoms with Gasteiger partial charge in [0.05, 0.1) is 5.69 Å². The van der Waals surface area contributed by atoms with Gasteiger partial charge in [0.15, 0.2) is 5.82 Å². The molecule has 0 saturated heterocycles. The van der Waals surface area contributed by atoms with Crippen LogP contribution in [-0.4, -0.2) is 15.1 Å². The second-order valence-electron chi connectivity index (χ2n) is 3.68. The molecule has 2 heterocycles. The fourth-order valence-corrected chi connectivity index (χ4v) is 1.65. The zero-order chi connectivity index (χ0) is 12.3. The Kier molecular flexibility index (Phi) is 3.86. The van der Waals surface area contributed by atoms with E-state index in [4.69, 9.17) is 10.3 Å². The van der Waals surface area contributed by atoms with Crippen molar-refractivity contribution in [3.8, 4) is 0 Å². The molecule has 0 aliphatic heterocycles. The largest absolute Gasteiger partial charge is 0.339 e. The van der Waals surface area contributed by atoms with Crippen LogP contribution in [0.25, 0.3) is 0 Å². The maximum atomic E-state index is 6.01. The maximum absolute atomic E-state index is 6.01. The highest BCUT2D eigenvalue weighted by Crippen LogP contribution is 2.17. The Morgan fingerprint density at radius 2 is 2.29 bits per heavy atom. The normalized spacial score (nSPS) is 12.6. The Labute approximate surface area is 108 Å². The molecule has 2 N–H and O–H groups in total. The minimum absolute atomic E-state index is 0.447. The van der Waals surface area contributed by atoms with E-state index in [0.717, 1.165) is 23.0 Å². The van der Waals surface area contributed by atoms with E-state index in [2.05, 4.69) is 38.0 Å². The number of aryl methyl sites for hydroxylation is 1. The lowest BCUT2D eigenvalue weighted by molar-refractivity contribution is 0.370. The molecule has 0 amide bonds. The van der Waals surface area contributed by atoms with Crippen molar-refractivity contribution in [1.29, 1.82) is 0 Å². The van der Waals surface area contributed by atoms with Gasteiger partial charge in [0.25, 0.3) is 0 Å². The van der Waals surface area contributed by atoms with Crippen molar-refractivity contribution in [2.24, 2.45) is 5.73 Å². The summed E-state index contributed by atoms with van der Waals surface area (Å²) >= 11 is 3.32. The fraction of sp³-hybridized carbons (Fsp3) is 0.364. The third-order valence-electron chi connectivity index (χ3n) is 2.29. The molecule has 1 unspecified atom stereocenters. The lowest BCUT2D eigenvalue weighted by Gasteiger charge is -2.05. The van der Waals surface area contributed by atoms with Crippen LogP contribution < -0.4 is 5.73 Å². The summed E-state index contributed by atoms with van der Waals surface area (Å²) in [4.78, 5) is 8.46. The van der Waals surface area contributed by atoms with E-state index in [0.29, 0.717) is 11.7 Å². The average molecular weight is 297 g/mol. The van der Waals surface area contributed by atoms with Gasteiger partial charge >= 0.3 is 0 Å². The van der Waals surface area contributed by atoms with Gasteiger partial charge in [-0.15, -0.1) is 0 Å². The number of halogens is 1. The zero-order valence-electron chi connectivity index (χ0n) is 9.43. The van der Waals surface area contributed by atoms with Gasteiger partial charge in [-0.3, -0.25) is 4.98 Å². The molecule has 17 heavy (non-hydrogen) atoms. The van der Waals surface area contributed by atoms with Crippen LogP contribution in [-0.2, 0) is 6.42 Å². The van der Waals surface area contributed by atoms with E-state index >= 15 is 0 Å². The van der Waals surface area contributed by atoms with Crippen molar-refractivity contribution in [1.82, 2.24) is 15.1 Å². The molecule has 0 saturated carbocycles. The van der Waals surface area contributed by atoms with Crippen LogP contribution >= 0.6 is 15.9 Å². The summed E-state index contributed by atoms with van der Waals surface area (Å²) in [6.07, 6.45) is 3.43. The highest BCUT2D eigenvalue weighted by atomic mass is 79.9. The molecule has 0 spiro atoms. The lowest BCUT2D eigenvalue weighted by atomic mass is 10.2. The quantitative estimate of drug-likeness (QED) is 0.936. The first-order chi connectivity index (χ1) is 8.20. The minimum atomic E-state index is -0.447. The molecule has 2 aromatic rings. The Hall–Kier alpha value is -1.27. The van der Waals surface area contributed by atoms with E-state index < -0.39 is 6.04 Å². The zero-order valence-corrected chi connectivity index (χ0v) is 11.0. The maximum Gasteiger partial charge on any atom is 0.226 e. The van der Waals surface area contributed by atoms with Gasteiger partial charge in [-0.25, -0.2) is 0 Å². The van der Waals surface area contributed by atoms with Gasteiger partial charge in [-0.1, -0.05) is 12.1 Å². The SMILES string of the molecule is CCCc1nc(C(N)c2ccc(Br)cn2)no1. The third kappa shape index (κ3) is 2.89. The summed E-state index contributed by atoms with van der Waals surface area (Å²) in [5, 5.41) is 3.87. The van der Waals surface area contributed by atoms with E-state index in [9.17, 15) is 0 Å². The van der Waals surface area contributed by atoms with Crippen LogP contribution in [0.2, 0.25) is 0 Å². The highest BCUT2D eigenvalue weighted by Gasteiger charge is 2.16. The molecule has 0 aliphatic carbocycles. The smallest absolute Gasteiger partial charge is 0.226 e. The molecule has 2 aromatic heterocycles. The molecular weight excluding hydrogens is 284 g/mol. The van der Waals surface area contributed by atoms with E-state index in [-0.39, 0.29) is 0 Å². The second kappa shape index (κ2) is 5.37. The molecule has 5 nitrogen and oxygen atoms in total. The predicted octanol–water partition coefficient (Wildman–Crippen LogP) is 2.23. The van der Waals surface area contributed by atoms with Crippen LogP contribution in [0.3, 0.4) is 0 Å². The van der Waals surface area contributed by atoms with Crippen molar-refractivity contribution < 1.29 is 4.52 Å². The fourth-order valence-electron chi connectivity index (χ4n) is 1.41. The monoisotopic (exact) mass is 296 g/mol. The van der Waals surface area contributed by atoms with Crippen LogP contribution in [0.5, 0.6) is 0 Å². The number of hydrogen-bond donors (Lipinski definition) is 1. The predicted molar refractivity (Wildman–Crippen MR) is 66.3 cm³/mol. The van der Waals surface area contributed by atoms with E-state index in [1.807, 2.05) is 12.1 Å². The molecule has 2 rings (SSSR count). The van der Waals surface area contributed by atoms with Crippen LogP contribution in [0.4, 0.5) is 0 Å². The molecule has 0 aliphatic rings. The Bertz CT molecular complexity index is 482. The van der Waals surface area contributed by atoms with Gasteiger partial charge < -0.3 is 10.3 Å². The lowest BCUT2D eigenvalue weighted by Crippen LogP contribution is -2.15. The highest BCUT2D eigenvalue weighted by molar-refractivity contribution is 9.10. The Morgan fingerprint density at radius 1 is 1.47 bits per heavy atom. The summed E-state index contributed by atoms with van der Waals surface area (Å²) in [5.74, 6) is 1.10. The molecule has 6 heteroatoms. The van der Waals surface area contributed by atoms with Gasteiger partial charge in [0, 0.05) is 17.1 Å². The number of hydrogen-bond acceptors (Lipinski definition) is 5. The summed E-state index contributed by atoms with van der Waals surface area (Å²) < 4.78 is 6.00. The number of rotatable bonds is 4. The first-order valence-corrected chi connectivity index (χ1v) is 6.19. The standard InChI is InChI=1S/C11H13BrN4O/c1-2-3-9-15-11(16-17-9)10(13)8-5-4-7(12)6-14-8/h4-6,10H,2-3,13H2,1H3. The summed E-state index contributed by atoms with van der Waals surface area (Å²) in [6.45, 7) is 2.06. The average Bonchev–Trinajstić information content (AvgIpc) is 2.78. The topological polar surface area (TPSA) is 77.8 Å². The molecular formula is C11H13BrN4O. The van der Waals surface area contributed by atoms with Crippen molar-refractivity contribution in [2.75, 3.05) is 0 Å².